The van der Waals surface area contributed by atoms with Crippen molar-refractivity contribution >= 4 is 40.7 Å². The number of benzene rings is 2. The van der Waals surface area contributed by atoms with E-state index in [1.165, 1.54) is 0 Å². The van der Waals surface area contributed by atoms with E-state index in [1.54, 1.807) is 25.1 Å². The van der Waals surface area contributed by atoms with E-state index in [1.807, 2.05) is 24.3 Å². The number of halogens is 2. The maximum atomic E-state index is 12.3. The lowest BCUT2D eigenvalue weighted by Crippen LogP contribution is -2.36. The maximum Gasteiger partial charge on any atom is 0.261 e. The van der Waals surface area contributed by atoms with Gasteiger partial charge in [-0.25, -0.2) is 0 Å². The zero-order valence-corrected chi connectivity index (χ0v) is 16.3. The Balaban J connectivity index is 1.52. The average molecular weight is 407 g/mol. The van der Waals surface area contributed by atoms with Gasteiger partial charge in [0.1, 0.15) is 5.75 Å². The number of hydrogen-bond acceptors (Lipinski definition) is 3. The highest BCUT2D eigenvalue weighted by molar-refractivity contribution is 6.35. The Hall–Kier alpha value is -2.24. The van der Waals surface area contributed by atoms with Crippen molar-refractivity contribution < 1.29 is 14.3 Å². The quantitative estimate of drug-likeness (QED) is 0.714. The van der Waals surface area contributed by atoms with Crippen molar-refractivity contribution in [1.29, 1.82) is 0 Å². The number of ether oxygens (including phenoxy) is 1. The molecule has 2 aromatic carbocycles. The molecule has 1 atom stereocenters. The van der Waals surface area contributed by atoms with Gasteiger partial charge < -0.3 is 15.4 Å². The molecule has 0 bridgehead atoms. The standard InChI is InChI=1S/C20H20Cl2N2O3/c1-12(27-18-8-7-15(21)10-17(18)22)19(25)23-11-13-3-2-4-16(9-13)24-20(26)14-5-6-14/h2-4,7-10,12,14H,5-6,11H2,1H3,(H,23,25)(H,24,26)/t12-/m0/s1. The number of carbonyl (C=O) groups is 2. The van der Waals surface area contributed by atoms with E-state index in [9.17, 15) is 9.59 Å². The molecular weight excluding hydrogens is 387 g/mol. The summed E-state index contributed by atoms with van der Waals surface area (Å²) in [6, 6.07) is 12.2. The fourth-order valence-electron chi connectivity index (χ4n) is 2.50. The molecule has 5 nitrogen and oxygen atoms in total. The second-order valence-electron chi connectivity index (χ2n) is 6.52. The van der Waals surface area contributed by atoms with Gasteiger partial charge in [-0.1, -0.05) is 35.3 Å². The molecule has 1 aliphatic carbocycles. The highest BCUT2D eigenvalue weighted by Crippen LogP contribution is 2.30. The van der Waals surface area contributed by atoms with E-state index in [0.717, 1.165) is 24.1 Å². The highest BCUT2D eigenvalue weighted by atomic mass is 35.5. The summed E-state index contributed by atoms with van der Waals surface area (Å²) in [4.78, 5) is 24.1. The Kier molecular flexibility index (Phi) is 6.24. The van der Waals surface area contributed by atoms with Crippen LogP contribution in [0.15, 0.2) is 42.5 Å². The van der Waals surface area contributed by atoms with Crippen LogP contribution in [0.4, 0.5) is 5.69 Å². The molecule has 1 aliphatic rings. The Labute approximate surface area is 168 Å². The van der Waals surface area contributed by atoms with Crippen LogP contribution in [-0.4, -0.2) is 17.9 Å². The van der Waals surface area contributed by atoms with Crippen LogP contribution < -0.4 is 15.4 Å². The fourth-order valence-corrected chi connectivity index (χ4v) is 2.95. The molecule has 2 amide bonds. The smallest absolute Gasteiger partial charge is 0.261 e. The number of carbonyl (C=O) groups excluding carboxylic acids is 2. The predicted molar refractivity (Wildman–Crippen MR) is 106 cm³/mol. The van der Waals surface area contributed by atoms with E-state index in [2.05, 4.69) is 10.6 Å². The first-order valence-corrected chi connectivity index (χ1v) is 9.47. The van der Waals surface area contributed by atoms with Crippen LogP contribution in [-0.2, 0) is 16.1 Å². The van der Waals surface area contributed by atoms with Crippen LogP contribution in [0, 0.1) is 5.92 Å². The summed E-state index contributed by atoms with van der Waals surface area (Å²) in [6.45, 7) is 1.97. The van der Waals surface area contributed by atoms with Gasteiger partial charge in [-0.3, -0.25) is 9.59 Å². The molecule has 0 radical (unpaired) electrons. The number of hydrogen-bond donors (Lipinski definition) is 2. The average Bonchev–Trinajstić information content (AvgIpc) is 3.47. The Morgan fingerprint density at radius 3 is 2.67 bits per heavy atom. The van der Waals surface area contributed by atoms with Crippen LogP contribution in [0.25, 0.3) is 0 Å². The van der Waals surface area contributed by atoms with Crippen LogP contribution in [0.1, 0.15) is 25.3 Å². The largest absolute Gasteiger partial charge is 0.479 e. The number of amides is 2. The number of nitrogens with one attached hydrogen (secondary N) is 2. The summed E-state index contributed by atoms with van der Waals surface area (Å²) in [5.41, 5.74) is 1.62. The number of rotatable bonds is 7. The third-order valence-electron chi connectivity index (χ3n) is 4.18. The molecule has 142 valence electrons. The van der Waals surface area contributed by atoms with Gasteiger partial charge in [0.25, 0.3) is 5.91 Å². The monoisotopic (exact) mass is 406 g/mol. The van der Waals surface area contributed by atoms with Gasteiger partial charge in [0, 0.05) is 23.2 Å². The molecule has 1 fully saturated rings. The Morgan fingerprint density at radius 1 is 1.19 bits per heavy atom. The molecule has 0 spiro atoms. The minimum Gasteiger partial charge on any atom is -0.479 e. The molecule has 3 rings (SSSR count). The zero-order chi connectivity index (χ0) is 19.4. The normalized spacial score (nSPS) is 14.3. The molecule has 2 N–H and O–H groups in total. The second kappa shape index (κ2) is 8.63. The minimum atomic E-state index is -0.721. The Bertz CT molecular complexity index is 853. The molecule has 7 heteroatoms. The molecule has 0 heterocycles. The van der Waals surface area contributed by atoms with Crippen molar-refractivity contribution in [2.75, 3.05) is 5.32 Å². The van der Waals surface area contributed by atoms with Crippen molar-refractivity contribution in [3.05, 3.63) is 58.1 Å². The highest BCUT2D eigenvalue weighted by Gasteiger charge is 2.29. The first kappa shape index (κ1) is 19.5. The van der Waals surface area contributed by atoms with Crippen molar-refractivity contribution in [2.24, 2.45) is 5.92 Å². The van der Waals surface area contributed by atoms with Crippen LogP contribution >= 0.6 is 23.2 Å². The molecule has 0 saturated heterocycles. The molecule has 27 heavy (non-hydrogen) atoms. The van der Waals surface area contributed by atoms with E-state index in [4.69, 9.17) is 27.9 Å². The first-order chi connectivity index (χ1) is 12.9. The van der Waals surface area contributed by atoms with E-state index < -0.39 is 6.10 Å². The van der Waals surface area contributed by atoms with Gasteiger partial charge in [0.05, 0.1) is 5.02 Å². The van der Waals surface area contributed by atoms with Crippen LogP contribution in [0.5, 0.6) is 5.75 Å². The summed E-state index contributed by atoms with van der Waals surface area (Å²) >= 11 is 11.9. The third kappa shape index (κ3) is 5.62. The second-order valence-corrected chi connectivity index (χ2v) is 7.36. The van der Waals surface area contributed by atoms with Gasteiger partial charge in [-0.2, -0.15) is 0 Å². The van der Waals surface area contributed by atoms with Crippen LogP contribution in [0.3, 0.4) is 0 Å². The van der Waals surface area contributed by atoms with Gasteiger partial charge >= 0.3 is 0 Å². The lowest BCUT2D eigenvalue weighted by Gasteiger charge is -2.16. The molecule has 0 unspecified atom stereocenters. The molecule has 1 saturated carbocycles. The lowest BCUT2D eigenvalue weighted by molar-refractivity contribution is -0.127. The van der Waals surface area contributed by atoms with Crippen molar-refractivity contribution in [3.8, 4) is 5.75 Å². The van der Waals surface area contributed by atoms with Gasteiger partial charge in [-0.05, 0) is 55.7 Å². The fraction of sp³-hybridized carbons (Fsp3) is 0.300. The summed E-state index contributed by atoms with van der Waals surface area (Å²) in [7, 11) is 0. The van der Waals surface area contributed by atoms with Crippen molar-refractivity contribution in [1.82, 2.24) is 5.32 Å². The summed E-state index contributed by atoms with van der Waals surface area (Å²) in [5.74, 6) is 0.325. The van der Waals surface area contributed by atoms with E-state index >= 15 is 0 Å². The molecule has 0 aliphatic heterocycles. The summed E-state index contributed by atoms with van der Waals surface area (Å²) in [6.07, 6.45) is 1.19. The molecular formula is C20H20Cl2N2O3. The lowest BCUT2D eigenvalue weighted by atomic mass is 10.2. The predicted octanol–water partition coefficient (Wildman–Crippen LogP) is 4.43. The van der Waals surface area contributed by atoms with Crippen molar-refractivity contribution in [2.45, 2.75) is 32.4 Å². The maximum absolute atomic E-state index is 12.3. The minimum absolute atomic E-state index is 0.0538. The van der Waals surface area contributed by atoms with E-state index in [0.29, 0.717) is 22.3 Å². The third-order valence-corrected chi connectivity index (χ3v) is 4.71. The van der Waals surface area contributed by atoms with Gasteiger partial charge in [0.2, 0.25) is 5.91 Å². The topological polar surface area (TPSA) is 67.4 Å². The van der Waals surface area contributed by atoms with Gasteiger partial charge in [-0.15, -0.1) is 0 Å². The van der Waals surface area contributed by atoms with Crippen molar-refractivity contribution in [3.63, 3.8) is 0 Å². The molecule has 2 aromatic rings. The van der Waals surface area contributed by atoms with Gasteiger partial charge in [0.15, 0.2) is 6.10 Å². The molecule has 0 aromatic heterocycles. The SMILES string of the molecule is C[C@H](Oc1ccc(Cl)cc1Cl)C(=O)NCc1cccc(NC(=O)C2CC2)c1. The summed E-state index contributed by atoms with van der Waals surface area (Å²) < 4.78 is 5.60. The Morgan fingerprint density at radius 2 is 1.96 bits per heavy atom. The van der Waals surface area contributed by atoms with E-state index in [-0.39, 0.29) is 17.7 Å². The van der Waals surface area contributed by atoms with Crippen LogP contribution in [0.2, 0.25) is 10.0 Å². The number of anilines is 1. The summed E-state index contributed by atoms with van der Waals surface area (Å²) in [5, 5.41) is 6.56. The first-order valence-electron chi connectivity index (χ1n) is 8.71. The zero-order valence-electron chi connectivity index (χ0n) is 14.8.